The zero-order valence-corrected chi connectivity index (χ0v) is 13.4. The standard InChI is InChI=1S/C18H19N3O3/c1-2-16(22)20-11-9-13-12-6-3-4-7-14(12)19-10-5-8-15(21(23)24)18(20)17(13)19/h2-4,6-7,15,18H,1,5,8-11H2/t15-,18+/m0/s1. The first kappa shape index (κ1) is 14.9. The summed E-state index contributed by atoms with van der Waals surface area (Å²) in [5.74, 6) is -0.226. The topological polar surface area (TPSA) is 68.4 Å². The normalized spacial score (nSPS) is 22.8. The second kappa shape index (κ2) is 5.47. The van der Waals surface area contributed by atoms with Gasteiger partial charge in [0.1, 0.15) is 6.04 Å². The minimum absolute atomic E-state index is 0.212. The number of aryl methyl sites for hydroxylation is 1. The van der Waals surface area contributed by atoms with Crippen molar-refractivity contribution in [2.75, 3.05) is 6.54 Å². The van der Waals surface area contributed by atoms with Crippen LogP contribution in [0.3, 0.4) is 0 Å². The molecular formula is C18H19N3O3. The molecule has 0 fully saturated rings. The molecule has 4 rings (SSSR count). The molecule has 3 heterocycles. The van der Waals surface area contributed by atoms with E-state index in [1.165, 1.54) is 6.08 Å². The Hall–Kier alpha value is -2.63. The number of para-hydroxylation sites is 1. The molecule has 2 aromatic rings. The number of carbonyl (C=O) groups is 1. The van der Waals surface area contributed by atoms with Crippen molar-refractivity contribution in [1.82, 2.24) is 9.47 Å². The number of hydrogen-bond donors (Lipinski definition) is 0. The van der Waals surface area contributed by atoms with Crippen LogP contribution in [0.4, 0.5) is 0 Å². The predicted octanol–water partition coefficient (Wildman–Crippen LogP) is 2.69. The molecular weight excluding hydrogens is 306 g/mol. The van der Waals surface area contributed by atoms with Gasteiger partial charge in [0.15, 0.2) is 0 Å². The molecule has 0 saturated heterocycles. The molecule has 2 aliphatic rings. The van der Waals surface area contributed by atoms with Gasteiger partial charge >= 0.3 is 0 Å². The average Bonchev–Trinajstić information content (AvgIpc) is 2.77. The van der Waals surface area contributed by atoms with Crippen LogP contribution < -0.4 is 0 Å². The highest BCUT2D eigenvalue weighted by atomic mass is 16.6. The van der Waals surface area contributed by atoms with Gasteiger partial charge in [0.25, 0.3) is 0 Å². The van der Waals surface area contributed by atoms with Crippen molar-refractivity contribution in [3.8, 4) is 0 Å². The Morgan fingerprint density at radius 2 is 2.12 bits per heavy atom. The summed E-state index contributed by atoms with van der Waals surface area (Å²) in [7, 11) is 0. The van der Waals surface area contributed by atoms with Crippen molar-refractivity contribution in [2.45, 2.75) is 37.9 Å². The van der Waals surface area contributed by atoms with Gasteiger partial charge in [0, 0.05) is 35.3 Å². The zero-order valence-electron chi connectivity index (χ0n) is 13.4. The molecule has 124 valence electrons. The van der Waals surface area contributed by atoms with Crippen molar-refractivity contribution in [2.24, 2.45) is 0 Å². The van der Waals surface area contributed by atoms with Crippen molar-refractivity contribution in [3.05, 3.63) is 58.3 Å². The Balaban J connectivity index is 2.00. The fraction of sp³-hybridized carbons (Fsp3) is 0.389. The molecule has 0 N–H and O–H groups in total. The van der Waals surface area contributed by atoms with E-state index in [2.05, 4.69) is 23.3 Å². The fourth-order valence-electron chi connectivity index (χ4n) is 4.35. The minimum atomic E-state index is -0.765. The Labute approximate surface area is 139 Å². The minimum Gasteiger partial charge on any atom is -0.342 e. The summed E-state index contributed by atoms with van der Waals surface area (Å²) in [5.41, 5.74) is 3.23. The Morgan fingerprint density at radius 1 is 1.33 bits per heavy atom. The molecule has 1 aromatic carbocycles. The van der Waals surface area contributed by atoms with E-state index >= 15 is 0 Å². The molecule has 0 bridgehead atoms. The van der Waals surface area contributed by atoms with Crippen molar-refractivity contribution in [1.29, 1.82) is 0 Å². The molecule has 1 aromatic heterocycles. The maximum absolute atomic E-state index is 12.4. The van der Waals surface area contributed by atoms with Gasteiger partial charge in [0.05, 0.1) is 5.69 Å². The van der Waals surface area contributed by atoms with E-state index in [1.54, 1.807) is 4.90 Å². The number of nitrogens with zero attached hydrogens (tertiary/aromatic N) is 3. The quantitative estimate of drug-likeness (QED) is 0.484. The highest BCUT2D eigenvalue weighted by Crippen LogP contribution is 2.42. The van der Waals surface area contributed by atoms with Crippen LogP contribution in [0.5, 0.6) is 0 Å². The zero-order chi connectivity index (χ0) is 16.8. The van der Waals surface area contributed by atoms with E-state index in [1.807, 2.05) is 12.1 Å². The Kier molecular flexibility index (Phi) is 3.40. The van der Waals surface area contributed by atoms with E-state index in [9.17, 15) is 14.9 Å². The first-order chi connectivity index (χ1) is 11.6. The van der Waals surface area contributed by atoms with Crippen molar-refractivity contribution >= 4 is 16.8 Å². The molecule has 0 spiro atoms. The van der Waals surface area contributed by atoms with Crippen LogP contribution in [-0.2, 0) is 17.8 Å². The summed E-state index contributed by atoms with van der Waals surface area (Å²) < 4.78 is 2.20. The summed E-state index contributed by atoms with van der Waals surface area (Å²) in [5, 5.41) is 12.9. The molecule has 0 radical (unpaired) electrons. The van der Waals surface area contributed by atoms with Crippen LogP contribution in [-0.4, -0.2) is 32.9 Å². The SMILES string of the molecule is C=CC(=O)N1CCc2c3n(c4ccccc24)CCC[C@H]([N+](=O)[O-])[C@H]31. The molecule has 1 amide bonds. The number of aromatic nitrogens is 1. The third-order valence-corrected chi connectivity index (χ3v) is 5.31. The van der Waals surface area contributed by atoms with Gasteiger partial charge in [0.2, 0.25) is 11.9 Å². The molecule has 24 heavy (non-hydrogen) atoms. The van der Waals surface area contributed by atoms with E-state index in [0.29, 0.717) is 13.0 Å². The summed E-state index contributed by atoms with van der Waals surface area (Å²) in [6, 6.07) is 6.86. The lowest BCUT2D eigenvalue weighted by molar-refractivity contribution is -0.532. The van der Waals surface area contributed by atoms with E-state index < -0.39 is 12.1 Å². The highest BCUT2D eigenvalue weighted by molar-refractivity contribution is 5.90. The summed E-state index contributed by atoms with van der Waals surface area (Å²) in [4.78, 5) is 25.5. The van der Waals surface area contributed by atoms with Crippen molar-refractivity contribution in [3.63, 3.8) is 0 Å². The van der Waals surface area contributed by atoms with E-state index in [-0.39, 0.29) is 10.8 Å². The smallest absolute Gasteiger partial charge is 0.246 e. The van der Waals surface area contributed by atoms with Crippen LogP contribution in [0, 0.1) is 10.1 Å². The predicted molar refractivity (Wildman–Crippen MR) is 90.3 cm³/mol. The number of carbonyl (C=O) groups excluding carboxylic acids is 1. The van der Waals surface area contributed by atoms with E-state index in [0.717, 1.165) is 41.5 Å². The number of nitro groups is 1. The number of rotatable bonds is 2. The van der Waals surface area contributed by atoms with Crippen molar-refractivity contribution < 1.29 is 9.72 Å². The van der Waals surface area contributed by atoms with Crippen LogP contribution in [0.2, 0.25) is 0 Å². The molecule has 6 heteroatoms. The maximum atomic E-state index is 12.4. The largest absolute Gasteiger partial charge is 0.342 e. The van der Waals surface area contributed by atoms with E-state index in [4.69, 9.17) is 0 Å². The molecule has 0 unspecified atom stereocenters. The Bertz CT molecular complexity index is 855. The number of amides is 1. The fourth-order valence-corrected chi connectivity index (χ4v) is 4.35. The van der Waals surface area contributed by atoms with Crippen LogP contribution >= 0.6 is 0 Å². The van der Waals surface area contributed by atoms with Gasteiger partial charge in [-0.15, -0.1) is 0 Å². The summed E-state index contributed by atoms with van der Waals surface area (Å²) >= 11 is 0. The second-order valence-corrected chi connectivity index (χ2v) is 6.46. The average molecular weight is 325 g/mol. The summed E-state index contributed by atoms with van der Waals surface area (Å²) in [6.07, 6.45) is 3.21. The number of benzene rings is 1. The summed E-state index contributed by atoms with van der Waals surface area (Å²) in [6.45, 7) is 4.83. The monoisotopic (exact) mass is 325 g/mol. The molecule has 2 atom stereocenters. The third kappa shape index (κ3) is 1.99. The van der Waals surface area contributed by atoms with Crippen LogP contribution in [0.25, 0.3) is 10.9 Å². The van der Waals surface area contributed by atoms with Gasteiger partial charge in [-0.2, -0.15) is 0 Å². The molecule has 0 saturated carbocycles. The molecule has 0 aliphatic carbocycles. The van der Waals surface area contributed by atoms with Crippen LogP contribution in [0.1, 0.15) is 30.1 Å². The first-order valence-electron chi connectivity index (χ1n) is 8.30. The third-order valence-electron chi connectivity index (χ3n) is 5.31. The number of fused-ring (bicyclic) bond motifs is 3. The van der Waals surface area contributed by atoms with Gasteiger partial charge in [-0.3, -0.25) is 14.9 Å². The number of hydrogen-bond acceptors (Lipinski definition) is 3. The van der Waals surface area contributed by atoms with Gasteiger partial charge < -0.3 is 9.47 Å². The van der Waals surface area contributed by atoms with Gasteiger partial charge in [-0.1, -0.05) is 24.8 Å². The molecule has 6 nitrogen and oxygen atoms in total. The Morgan fingerprint density at radius 3 is 2.88 bits per heavy atom. The van der Waals surface area contributed by atoms with Gasteiger partial charge in [-0.05, 0) is 30.5 Å². The highest BCUT2D eigenvalue weighted by Gasteiger charge is 2.45. The molecule has 2 aliphatic heterocycles. The lowest BCUT2D eigenvalue weighted by Crippen LogP contribution is -2.46. The maximum Gasteiger partial charge on any atom is 0.246 e. The lowest BCUT2D eigenvalue weighted by atomic mass is 9.91. The van der Waals surface area contributed by atoms with Gasteiger partial charge in [-0.25, -0.2) is 0 Å². The first-order valence-corrected chi connectivity index (χ1v) is 8.30. The van der Waals surface area contributed by atoms with Crippen LogP contribution in [0.15, 0.2) is 36.9 Å². The second-order valence-electron chi connectivity index (χ2n) is 6.46. The lowest BCUT2D eigenvalue weighted by Gasteiger charge is -2.36.